The lowest BCUT2D eigenvalue weighted by Gasteiger charge is -2.24. The first-order valence-electron chi connectivity index (χ1n) is 7.22. The predicted octanol–water partition coefficient (Wildman–Crippen LogP) is 1.58. The fourth-order valence-corrected chi connectivity index (χ4v) is 2.01. The van der Waals surface area contributed by atoms with Gasteiger partial charge in [0, 0.05) is 31.4 Å². The summed E-state index contributed by atoms with van der Waals surface area (Å²) in [6.45, 7) is 2.22. The van der Waals surface area contributed by atoms with E-state index in [0.717, 1.165) is 5.69 Å². The molecule has 0 heterocycles. The molecule has 0 aliphatic carbocycles. The van der Waals surface area contributed by atoms with Crippen LogP contribution in [0.1, 0.15) is 19.8 Å². The van der Waals surface area contributed by atoms with Gasteiger partial charge in [0.25, 0.3) is 0 Å². The highest BCUT2D eigenvalue weighted by Gasteiger charge is 2.12. The Morgan fingerprint density at radius 3 is 2.09 bits per heavy atom. The van der Waals surface area contributed by atoms with E-state index in [1.807, 2.05) is 11.0 Å². The third-order valence-electron chi connectivity index (χ3n) is 3.16. The number of methoxy groups -OCH3 is 2. The number of esters is 2. The second-order valence-corrected chi connectivity index (χ2v) is 4.87. The molecule has 0 unspecified atom stereocenters. The van der Waals surface area contributed by atoms with Gasteiger partial charge in [-0.1, -0.05) is 6.07 Å². The van der Waals surface area contributed by atoms with Gasteiger partial charge in [-0.05, 0) is 18.2 Å². The number of carbonyl (C=O) groups excluding carboxylic acids is 3. The zero-order valence-corrected chi connectivity index (χ0v) is 13.6. The van der Waals surface area contributed by atoms with Crippen LogP contribution in [0.3, 0.4) is 0 Å². The Balaban J connectivity index is 2.85. The largest absolute Gasteiger partial charge is 0.469 e. The van der Waals surface area contributed by atoms with E-state index >= 15 is 0 Å². The maximum Gasteiger partial charge on any atom is 0.307 e. The van der Waals surface area contributed by atoms with Gasteiger partial charge < -0.3 is 19.7 Å². The topological polar surface area (TPSA) is 84.9 Å². The first kappa shape index (κ1) is 18.5. The second-order valence-electron chi connectivity index (χ2n) is 4.87. The van der Waals surface area contributed by atoms with Gasteiger partial charge in [0.1, 0.15) is 0 Å². The van der Waals surface area contributed by atoms with Gasteiger partial charge in [0.15, 0.2) is 0 Å². The number of nitrogens with zero attached hydrogens (tertiary/aromatic N) is 1. The molecular formula is C16H22N2O5. The van der Waals surface area contributed by atoms with Crippen molar-refractivity contribution in [2.75, 3.05) is 37.5 Å². The van der Waals surface area contributed by atoms with Crippen LogP contribution < -0.4 is 10.2 Å². The summed E-state index contributed by atoms with van der Waals surface area (Å²) in [5.41, 5.74) is 1.44. The van der Waals surface area contributed by atoms with Crippen molar-refractivity contribution in [2.45, 2.75) is 19.8 Å². The lowest BCUT2D eigenvalue weighted by atomic mass is 10.2. The number of carbonyl (C=O) groups is 3. The highest BCUT2D eigenvalue weighted by molar-refractivity contribution is 5.89. The van der Waals surface area contributed by atoms with E-state index in [4.69, 9.17) is 0 Å². The molecule has 1 rings (SSSR count). The third-order valence-corrected chi connectivity index (χ3v) is 3.16. The molecule has 0 spiro atoms. The number of amides is 1. The highest BCUT2D eigenvalue weighted by Crippen LogP contribution is 2.20. The molecule has 0 bridgehead atoms. The molecular weight excluding hydrogens is 300 g/mol. The van der Waals surface area contributed by atoms with Gasteiger partial charge in [-0.25, -0.2) is 0 Å². The molecule has 0 aromatic heterocycles. The van der Waals surface area contributed by atoms with Crippen LogP contribution in [0.15, 0.2) is 24.3 Å². The molecule has 0 saturated heterocycles. The summed E-state index contributed by atoms with van der Waals surface area (Å²) in [6.07, 6.45) is 0.393. The smallest absolute Gasteiger partial charge is 0.307 e. The van der Waals surface area contributed by atoms with Gasteiger partial charge in [0.2, 0.25) is 5.91 Å². The van der Waals surface area contributed by atoms with Crippen LogP contribution in [0.5, 0.6) is 0 Å². The number of hydrogen-bond acceptors (Lipinski definition) is 6. The molecule has 0 fully saturated rings. The number of anilines is 2. The first-order chi connectivity index (χ1) is 11.0. The van der Waals surface area contributed by atoms with Crippen molar-refractivity contribution in [3.05, 3.63) is 24.3 Å². The second kappa shape index (κ2) is 9.45. The Morgan fingerprint density at radius 2 is 1.61 bits per heavy atom. The molecule has 7 heteroatoms. The van der Waals surface area contributed by atoms with Crippen LogP contribution in [-0.2, 0) is 23.9 Å². The van der Waals surface area contributed by atoms with E-state index in [2.05, 4.69) is 14.8 Å². The number of nitrogens with one attached hydrogen (secondary N) is 1. The van der Waals surface area contributed by atoms with Crippen molar-refractivity contribution in [1.82, 2.24) is 0 Å². The number of rotatable bonds is 8. The van der Waals surface area contributed by atoms with Crippen molar-refractivity contribution in [2.24, 2.45) is 0 Å². The Hall–Kier alpha value is -2.57. The molecule has 0 aliphatic rings. The standard InChI is InChI=1S/C16H22N2O5/c1-12(19)17-13-5-4-6-14(11-13)18(9-7-15(20)22-2)10-8-16(21)23-3/h4-6,11H,7-10H2,1-3H3,(H,17,19). The summed E-state index contributed by atoms with van der Waals surface area (Å²) in [4.78, 5) is 35.7. The van der Waals surface area contributed by atoms with E-state index in [9.17, 15) is 14.4 Å². The minimum absolute atomic E-state index is 0.169. The van der Waals surface area contributed by atoms with Gasteiger partial charge in [-0.2, -0.15) is 0 Å². The van der Waals surface area contributed by atoms with Crippen molar-refractivity contribution in [3.63, 3.8) is 0 Å². The van der Waals surface area contributed by atoms with Crippen molar-refractivity contribution in [3.8, 4) is 0 Å². The fourth-order valence-electron chi connectivity index (χ4n) is 2.01. The normalized spacial score (nSPS) is 9.87. The van der Waals surface area contributed by atoms with E-state index in [-0.39, 0.29) is 30.7 Å². The molecule has 1 N–H and O–H groups in total. The molecule has 0 aliphatic heterocycles. The summed E-state index contributed by atoms with van der Waals surface area (Å²) >= 11 is 0. The van der Waals surface area contributed by atoms with Gasteiger partial charge in [-0.15, -0.1) is 0 Å². The molecule has 1 aromatic rings. The third kappa shape index (κ3) is 6.82. The number of ether oxygens (including phenoxy) is 2. The summed E-state index contributed by atoms with van der Waals surface area (Å²) in [7, 11) is 2.66. The molecule has 0 saturated carbocycles. The zero-order valence-electron chi connectivity index (χ0n) is 13.6. The van der Waals surface area contributed by atoms with Gasteiger partial charge in [-0.3, -0.25) is 14.4 Å². The van der Waals surface area contributed by atoms with Gasteiger partial charge in [0.05, 0.1) is 27.1 Å². The average Bonchev–Trinajstić information content (AvgIpc) is 2.53. The Morgan fingerprint density at radius 1 is 1.04 bits per heavy atom. The number of benzene rings is 1. The van der Waals surface area contributed by atoms with Crippen LogP contribution in [-0.4, -0.2) is 45.2 Å². The van der Waals surface area contributed by atoms with Crippen LogP contribution in [0, 0.1) is 0 Å². The first-order valence-corrected chi connectivity index (χ1v) is 7.22. The van der Waals surface area contributed by atoms with E-state index in [1.165, 1.54) is 21.1 Å². The van der Waals surface area contributed by atoms with Crippen molar-refractivity contribution in [1.29, 1.82) is 0 Å². The monoisotopic (exact) mass is 322 g/mol. The maximum atomic E-state index is 11.4. The van der Waals surface area contributed by atoms with E-state index in [0.29, 0.717) is 18.8 Å². The predicted molar refractivity (Wildman–Crippen MR) is 86.2 cm³/mol. The zero-order chi connectivity index (χ0) is 17.2. The maximum absolute atomic E-state index is 11.4. The molecule has 0 radical (unpaired) electrons. The molecule has 0 atom stereocenters. The van der Waals surface area contributed by atoms with Crippen LogP contribution in [0.4, 0.5) is 11.4 Å². The Bertz CT molecular complexity index is 539. The molecule has 1 aromatic carbocycles. The highest BCUT2D eigenvalue weighted by atomic mass is 16.5. The summed E-state index contributed by atoms with van der Waals surface area (Å²) in [6, 6.07) is 7.20. The number of hydrogen-bond donors (Lipinski definition) is 1. The molecule has 23 heavy (non-hydrogen) atoms. The van der Waals surface area contributed by atoms with Crippen molar-refractivity contribution < 1.29 is 23.9 Å². The van der Waals surface area contributed by atoms with Crippen LogP contribution >= 0.6 is 0 Å². The molecule has 7 nitrogen and oxygen atoms in total. The lowest BCUT2D eigenvalue weighted by Crippen LogP contribution is -2.29. The molecule has 126 valence electrons. The Kier molecular flexibility index (Phi) is 7.59. The average molecular weight is 322 g/mol. The van der Waals surface area contributed by atoms with Crippen LogP contribution in [0.2, 0.25) is 0 Å². The lowest BCUT2D eigenvalue weighted by molar-refractivity contribution is -0.140. The summed E-state index contributed by atoms with van der Waals surface area (Å²) < 4.78 is 9.29. The van der Waals surface area contributed by atoms with Crippen LogP contribution in [0.25, 0.3) is 0 Å². The fraction of sp³-hybridized carbons (Fsp3) is 0.438. The quantitative estimate of drug-likeness (QED) is 0.731. The van der Waals surface area contributed by atoms with Gasteiger partial charge >= 0.3 is 11.9 Å². The Labute approximate surface area is 135 Å². The minimum Gasteiger partial charge on any atom is -0.469 e. The minimum atomic E-state index is -0.328. The SMILES string of the molecule is COC(=O)CCN(CCC(=O)OC)c1cccc(NC(C)=O)c1. The summed E-state index contributed by atoms with van der Waals surface area (Å²) in [5.74, 6) is -0.824. The summed E-state index contributed by atoms with van der Waals surface area (Å²) in [5, 5.41) is 2.70. The molecule has 1 amide bonds. The van der Waals surface area contributed by atoms with Crippen molar-refractivity contribution >= 4 is 29.2 Å². The van der Waals surface area contributed by atoms with E-state index in [1.54, 1.807) is 18.2 Å². The van der Waals surface area contributed by atoms with E-state index < -0.39 is 0 Å².